The topological polar surface area (TPSA) is 76.0 Å². The van der Waals surface area contributed by atoms with Crippen LogP contribution in [0, 0.1) is 6.92 Å². The lowest BCUT2D eigenvalue weighted by molar-refractivity contribution is 0.597. The van der Waals surface area contributed by atoms with E-state index in [2.05, 4.69) is 15.1 Å². The molecule has 0 saturated carbocycles. The van der Waals surface area contributed by atoms with E-state index < -0.39 is 10.0 Å². The number of rotatable bonds is 5. The number of aryl methyl sites for hydroxylation is 2. The van der Waals surface area contributed by atoms with Gasteiger partial charge in [-0.25, -0.2) is 8.42 Å². The predicted molar refractivity (Wildman–Crippen MR) is 59.3 cm³/mol. The van der Waals surface area contributed by atoms with Crippen molar-refractivity contribution in [1.29, 1.82) is 0 Å². The summed E-state index contributed by atoms with van der Waals surface area (Å²) >= 11 is 0. The van der Waals surface area contributed by atoms with Gasteiger partial charge >= 0.3 is 0 Å². The number of nitrogens with zero attached hydrogens (tertiary/aromatic N) is 2. The molecule has 1 aromatic heterocycles. The van der Waals surface area contributed by atoms with Crippen molar-refractivity contribution in [2.24, 2.45) is 7.05 Å². The van der Waals surface area contributed by atoms with Crippen molar-refractivity contribution in [1.82, 2.24) is 15.1 Å². The summed E-state index contributed by atoms with van der Waals surface area (Å²) in [6.07, 6.45) is 0. The maximum Gasteiger partial charge on any atom is 0.235 e. The molecule has 0 spiro atoms. The molecule has 0 atom stereocenters. The van der Waals surface area contributed by atoms with Gasteiger partial charge in [0.1, 0.15) is 5.82 Å². The van der Waals surface area contributed by atoms with Crippen molar-refractivity contribution in [3.8, 4) is 0 Å². The second-order valence-electron chi connectivity index (χ2n) is 3.32. The van der Waals surface area contributed by atoms with E-state index in [1.165, 1.54) is 4.68 Å². The van der Waals surface area contributed by atoms with Gasteiger partial charge in [-0.05, 0) is 14.0 Å². The van der Waals surface area contributed by atoms with Gasteiger partial charge in [0, 0.05) is 19.7 Å². The minimum absolute atomic E-state index is 0.0493. The van der Waals surface area contributed by atoms with Gasteiger partial charge in [0.05, 0.1) is 11.4 Å². The lowest BCUT2D eigenvalue weighted by Crippen LogP contribution is -2.25. The van der Waals surface area contributed by atoms with Crippen LogP contribution in [-0.4, -0.2) is 37.5 Å². The van der Waals surface area contributed by atoms with Crippen LogP contribution < -0.4 is 10.0 Å². The molecule has 6 nitrogen and oxygen atoms in total. The molecule has 2 N–H and O–H groups in total. The molecule has 0 unspecified atom stereocenters. The third-order valence-corrected chi connectivity index (χ3v) is 3.14. The summed E-state index contributed by atoms with van der Waals surface area (Å²) in [5.74, 6) is 0.539. The highest BCUT2D eigenvalue weighted by atomic mass is 32.2. The maximum atomic E-state index is 11.5. The Bertz CT molecular complexity index is 424. The Hall–Kier alpha value is -1.08. The van der Waals surface area contributed by atoms with Crippen LogP contribution >= 0.6 is 0 Å². The van der Waals surface area contributed by atoms with E-state index in [1.807, 2.05) is 6.92 Å². The van der Waals surface area contributed by atoms with E-state index in [1.54, 1.807) is 20.2 Å². The van der Waals surface area contributed by atoms with Crippen molar-refractivity contribution in [3.63, 3.8) is 0 Å². The number of nitrogens with one attached hydrogen (secondary N) is 2. The second-order valence-corrected chi connectivity index (χ2v) is 5.16. The fraction of sp³-hybridized carbons (Fsp3) is 0.625. The first-order valence-corrected chi connectivity index (χ1v) is 6.25. The minimum Gasteiger partial charge on any atom is -0.319 e. The number of sulfonamides is 1. The van der Waals surface area contributed by atoms with Crippen LogP contribution in [0.5, 0.6) is 0 Å². The van der Waals surface area contributed by atoms with Gasteiger partial charge in [0.2, 0.25) is 10.0 Å². The molecule has 15 heavy (non-hydrogen) atoms. The molecule has 0 aromatic carbocycles. The van der Waals surface area contributed by atoms with E-state index in [-0.39, 0.29) is 5.75 Å². The first-order valence-electron chi connectivity index (χ1n) is 4.60. The number of anilines is 1. The summed E-state index contributed by atoms with van der Waals surface area (Å²) in [6, 6.07) is 1.69. The van der Waals surface area contributed by atoms with Gasteiger partial charge in [-0.1, -0.05) is 0 Å². The van der Waals surface area contributed by atoms with Gasteiger partial charge in [-0.2, -0.15) is 5.10 Å². The van der Waals surface area contributed by atoms with E-state index in [0.29, 0.717) is 12.4 Å². The van der Waals surface area contributed by atoms with Gasteiger partial charge in [-0.15, -0.1) is 0 Å². The van der Waals surface area contributed by atoms with Crippen LogP contribution in [0.25, 0.3) is 0 Å². The van der Waals surface area contributed by atoms with Gasteiger partial charge in [-0.3, -0.25) is 9.40 Å². The first kappa shape index (κ1) is 12.0. The second kappa shape index (κ2) is 4.63. The minimum atomic E-state index is -3.28. The zero-order chi connectivity index (χ0) is 11.5. The molecule has 0 aliphatic heterocycles. The van der Waals surface area contributed by atoms with Crippen LogP contribution in [0.1, 0.15) is 5.69 Å². The zero-order valence-electron chi connectivity index (χ0n) is 9.11. The van der Waals surface area contributed by atoms with Crippen LogP contribution in [-0.2, 0) is 17.1 Å². The molecular formula is C8H16N4O2S. The third kappa shape index (κ3) is 3.52. The van der Waals surface area contributed by atoms with E-state index in [0.717, 1.165) is 5.69 Å². The molecule has 0 radical (unpaired) electrons. The highest BCUT2D eigenvalue weighted by Crippen LogP contribution is 2.09. The zero-order valence-corrected chi connectivity index (χ0v) is 9.93. The Balaban J connectivity index is 2.73. The average molecular weight is 232 g/mol. The first-order chi connectivity index (χ1) is 6.94. The van der Waals surface area contributed by atoms with E-state index in [9.17, 15) is 8.42 Å². The molecule has 1 aromatic rings. The molecule has 0 fully saturated rings. The molecule has 7 heteroatoms. The van der Waals surface area contributed by atoms with Crippen molar-refractivity contribution in [3.05, 3.63) is 11.8 Å². The largest absolute Gasteiger partial charge is 0.319 e. The van der Waals surface area contributed by atoms with Crippen LogP contribution in [0.3, 0.4) is 0 Å². The SMILES string of the molecule is CNCCS(=O)(=O)Nc1cc(C)nn1C. The standard InChI is InChI=1S/C8H16N4O2S/c1-7-6-8(12(3)10-7)11-15(13,14)5-4-9-2/h6,9,11H,4-5H2,1-3H3. The molecule has 1 rings (SSSR count). The summed E-state index contributed by atoms with van der Waals surface area (Å²) in [4.78, 5) is 0. The Morgan fingerprint density at radius 1 is 1.53 bits per heavy atom. The molecular weight excluding hydrogens is 216 g/mol. The average Bonchev–Trinajstić information content (AvgIpc) is 2.41. The van der Waals surface area contributed by atoms with Crippen LogP contribution in [0.15, 0.2) is 6.07 Å². The Labute approximate surface area is 89.7 Å². The number of hydrogen-bond donors (Lipinski definition) is 2. The molecule has 0 aliphatic rings. The fourth-order valence-electron chi connectivity index (χ4n) is 1.15. The molecule has 86 valence electrons. The van der Waals surface area contributed by atoms with Crippen LogP contribution in [0.2, 0.25) is 0 Å². The van der Waals surface area contributed by atoms with Gasteiger partial charge in [0.25, 0.3) is 0 Å². The third-order valence-electron chi connectivity index (χ3n) is 1.88. The number of aromatic nitrogens is 2. The Morgan fingerprint density at radius 3 is 2.67 bits per heavy atom. The number of hydrogen-bond acceptors (Lipinski definition) is 4. The smallest absolute Gasteiger partial charge is 0.235 e. The van der Waals surface area contributed by atoms with Crippen molar-refractivity contribution in [2.75, 3.05) is 24.1 Å². The lowest BCUT2D eigenvalue weighted by atomic mass is 10.5. The lowest BCUT2D eigenvalue weighted by Gasteiger charge is -2.07. The summed E-state index contributed by atoms with van der Waals surface area (Å²) in [6.45, 7) is 2.23. The van der Waals surface area contributed by atoms with E-state index >= 15 is 0 Å². The fourth-order valence-corrected chi connectivity index (χ4v) is 2.24. The summed E-state index contributed by atoms with van der Waals surface area (Å²) in [5.41, 5.74) is 0.781. The monoisotopic (exact) mass is 232 g/mol. The molecule has 0 aliphatic carbocycles. The summed E-state index contributed by atoms with van der Waals surface area (Å²) in [5, 5.41) is 6.84. The van der Waals surface area contributed by atoms with Gasteiger partial charge < -0.3 is 5.32 Å². The molecule has 0 amide bonds. The Kier molecular flexibility index (Phi) is 3.70. The van der Waals surface area contributed by atoms with Crippen molar-refractivity contribution in [2.45, 2.75) is 6.92 Å². The van der Waals surface area contributed by atoms with Crippen molar-refractivity contribution >= 4 is 15.8 Å². The highest BCUT2D eigenvalue weighted by Gasteiger charge is 2.12. The van der Waals surface area contributed by atoms with Crippen molar-refractivity contribution < 1.29 is 8.42 Å². The summed E-state index contributed by atoms with van der Waals surface area (Å²) < 4.78 is 27.0. The highest BCUT2D eigenvalue weighted by molar-refractivity contribution is 7.92. The summed E-state index contributed by atoms with van der Waals surface area (Å²) in [7, 11) is 0.130. The molecule has 0 saturated heterocycles. The quantitative estimate of drug-likeness (QED) is 0.730. The molecule has 0 bridgehead atoms. The predicted octanol–water partition coefficient (Wildman–Crippen LogP) is -0.310. The van der Waals surface area contributed by atoms with E-state index in [4.69, 9.17) is 0 Å². The maximum absolute atomic E-state index is 11.5. The Morgan fingerprint density at radius 2 is 2.20 bits per heavy atom. The van der Waals surface area contributed by atoms with Crippen LogP contribution in [0.4, 0.5) is 5.82 Å². The normalized spacial score (nSPS) is 11.7. The van der Waals surface area contributed by atoms with Gasteiger partial charge in [0.15, 0.2) is 0 Å². The molecule has 1 heterocycles.